The third-order valence-corrected chi connectivity index (χ3v) is 2.70. The molecule has 1 atom stereocenters. The average Bonchev–Trinajstić information content (AvgIpc) is 2.84. The molecular weight excluding hydrogens is 214 g/mol. The topological polar surface area (TPSA) is 48.4 Å². The zero-order valence-electron chi connectivity index (χ0n) is 10.1. The lowest BCUT2D eigenvalue weighted by Crippen LogP contribution is -2.13. The van der Waals surface area contributed by atoms with Crippen LogP contribution >= 0.6 is 0 Å². The molecule has 0 aliphatic heterocycles. The number of benzene rings is 1. The van der Waals surface area contributed by atoms with Gasteiger partial charge in [-0.05, 0) is 26.0 Å². The van der Waals surface area contributed by atoms with E-state index in [9.17, 15) is 0 Å². The molecular formula is C14H17NO2. The highest BCUT2D eigenvalue weighted by Crippen LogP contribution is 2.29. The summed E-state index contributed by atoms with van der Waals surface area (Å²) in [5.74, 6) is 0.840. The molecule has 0 saturated heterocycles. The van der Waals surface area contributed by atoms with Crippen molar-refractivity contribution in [2.45, 2.75) is 19.9 Å². The van der Waals surface area contributed by atoms with Crippen LogP contribution in [0.5, 0.6) is 5.75 Å². The van der Waals surface area contributed by atoms with Crippen LogP contribution in [0.3, 0.4) is 0 Å². The summed E-state index contributed by atoms with van der Waals surface area (Å²) >= 11 is 0. The van der Waals surface area contributed by atoms with Gasteiger partial charge >= 0.3 is 0 Å². The first-order valence-electron chi connectivity index (χ1n) is 5.73. The molecule has 0 aliphatic rings. The SMILES string of the molecule is CCOc1ccc(C)cc1C(N)c1ccoc1. The molecule has 3 heteroatoms. The van der Waals surface area contributed by atoms with Crippen LogP contribution in [0.1, 0.15) is 29.7 Å². The van der Waals surface area contributed by atoms with Gasteiger partial charge < -0.3 is 14.9 Å². The summed E-state index contributed by atoms with van der Waals surface area (Å²) in [7, 11) is 0. The van der Waals surface area contributed by atoms with Crippen molar-refractivity contribution in [3.8, 4) is 5.75 Å². The van der Waals surface area contributed by atoms with E-state index < -0.39 is 0 Å². The molecule has 0 bridgehead atoms. The third kappa shape index (κ3) is 2.50. The van der Waals surface area contributed by atoms with E-state index in [1.807, 2.05) is 32.0 Å². The van der Waals surface area contributed by atoms with E-state index >= 15 is 0 Å². The molecule has 0 spiro atoms. The largest absolute Gasteiger partial charge is 0.494 e. The van der Waals surface area contributed by atoms with Crippen LogP contribution in [0.4, 0.5) is 0 Å². The maximum absolute atomic E-state index is 6.22. The lowest BCUT2D eigenvalue weighted by Gasteiger charge is -2.16. The quantitative estimate of drug-likeness (QED) is 0.879. The monoisotopic (exact) mass is 231 g/mol. The minimum absolute atomic E-state index is 0.213. The minimum Gasteiger partial charge on any atom is -0.494 e. The predicted molar refractivity (Wildman–Crippen MR) is 67.1 cm³/mol. The van der Waals surface area contributed by atoms with Crippen molar-refractivity contribution in [2.24, 2.45) is 5.73 Å². The van der Waals surface area contributed by atoms with Gasteiger partial charge in [0, 0.05) is 11.1 Å². The first kappa shape index (κ1) is 11.7. The Morgan fingerprint density at radius 2 is 2.18 bits per heavy atom. The third-order valence-electron chi connectivity index (χ3n) is 2.70. The smallest absolute Gasteiger partial charge is 0.124 e. The summed E-state index contributed by atoms with van der Waals surface area (Å²) in [4.78, 5) is 0. The van der Waals surface area contributed by atoms with Crippen molar-refractivity contribution >= 4 is 0 Å². The number of hydrogen-bond donors (Lipinski definition) is 1. The van der Waals surface area contributed by atoms with Crippen molar-refractivity contribution in [1.82, 2.24) is 0 Å². The van der Waals surface area contributed by atoms with Gasteiger partial charge in [-0.2, -0.15) is 0 Å². The number of hydrogen-bond acceptors (Lipinski definition) is 3. The van der Waals surface area contributed by atoms with Crippen LogP contribution in [-0.2, 0) is 0 Å². The van der Waals surface area contributed by atoms with Gasteiger partial charge in [0.25, 0.3) is 0 Å². The Hall–Kier alpha value is -1.74. The number of furan rings is 1. The van der Waals surface area contributed by atoms with E-state index in [1.165, 1.54) is 5.56 Å². The zero-order valence-corrected chi connectivity index (χ0v) is 10.1. The first-order valence-corrected chi connectivity index (χ1v) is 5.73. The van der Waals surface area contributed by atoms with Gasteiger partial charge in [0.15, 0.2) is 0 Å². The molecule has 1 heterocycles. The maximum Gasteiger partial charge on any atom is 0.124 e. The molecule has 90 valence electrons. The van der Waals surface area contributed by atoms with Crippen molar-refractivity contribution in [2.75, 3.05) is 6.61 Å². The second kappa shape index (κ2) is 5.06. The fourth-order valence-corrected chi connectivity index (χ4v) is 1.83. The molecule has 1 aromatic heterocycles. The molecule has 0 radical (unpaired) electrons. The van der Waals surface area contributed by atoms with Gasteiger partial charge in [-0.1, -0.05) is 17.7 Å². The first-order chi connectivity index (χ1) is 8.22. The Morgan fingerprint density at radius 3 is 2.82 bits per heavy atom. The van der Waals surface area contributed by atoms with E-state index in [4.69, 9.17) is 14.9 Å². The van der Waals surface area contributed by atoms with E-state index in [-0.39, 0.29) is 6.04 Å². The second-order valence-electron chi connectivity index (χ2n) is 4.01. The van der Waals surface area contributed by atoms with Crippen molar-refractivity contribution in [3.05, 3.63) is 53.5 Å². The summed E-state index contributed by atoms with van der Waals surface area (Å²) in [6, 6.07) is 7.71. The Kier molecular flexibility index (Phi) is 3.49. The van der Waals surface area contributed by atoms with Crippen LogP contribution in [0, 0.1) is 6.92 Å². The lowest BCUT2D eigenvalue weighted by molar-refractivity contribution is 0.335. The Labute approximate surface area is 101 Å². The van der Waals surface area contributed by atoms with Crippen LogP contribution in [0.15, 0.2) is 41.2 Å². The molecule has 3 nitrogen and oxygen atoms in total. The van der Waals surface area contributed by atoms with Gasteiger partial charge in [-0.25, -0.2) is 0 Å². The van der Waals surface area contributed by atoms with Crippen LogP contribution in [-0.4, -0.2) is 6.61 Å². The highest BCUT2D eigenvalue weighted by Gasteiger charge is 2.15. The zero-order chi connectivity index (χ0) is 12.3. The molecule has 2 aromatic rings. The highest BCUT2D eigenvalue weighted by atomic mass is 16.5. The summed E-state index contributed by atoms with van der Waals surface area (Å²) in [6.07, 6.45) is 3.30. The summed E-state index contributed by atoms with van der Waals surface area (Å²) in [5.41, 5.74) is 9.34. The summed E-state index contributed by atoms with van der Waals surface area (Å²) in [6.45, 7) is 4.64. The molecule has 0 fully saturated rings. The fraction of sp³-hybridized carbons (Fsp3) is 0.286. The molecule has 0 aliphatic carbocycles. The highest BCUT2D eigenvalue weighted by molar-refractivity contribution is 5.42. The molecule has 0 amide bonds. The molecule has 2 N–H and O–H groups in total. The van der Waals surface area contributed by atoms with E-state index in [1.54, 1.807) is 12.5 Å². The van der Waals surface area contributed by atoms with Crippen molar-refractivity contribution in [3.63, 3.8) is 0 Å². The van der Waals surface area contributed by atoms with Crippen LogP contribution < -0.4 is 10.5 Å². The minimum atomic E-state index is -0.213. The van der Waals surface area contributed by atoms with Gasteiger partial charge in [-0.3, -0.25) is 0 Å². The molecule has 0 saturated carbocycles. The maximum atomic E-state index is 6.22. The Bertz CT molecular complexity index is 477. The second-order valence-corrected chi connectivity index (χ2v) is 4.01. The standard InChI is InChI=1S/C14H17NO2/c1-3-17-13-5-4-10(2)8-12(13)14(15)11-6-7-16-9-11/h4-9,14H,3,15H2,1-2H3. The Morgan fingerprint density at radius 1 is 1.35 bits per heavy atom. The summed E-state index contributed by atoms with van der Waals surface area (Å²) in [5, 5.41) is 0. The predicted octanol–water partition coefficient (Wildman–Crippen LogP) is 3.03. The van der Waals surface area contributed by atoms with Crippen LogP contribution in [0.2, 0.25) is 0 Å². The number of aryl methyl sites for hydroxylation is 1. The van der Waals surface area contributed by atoms with E-state index in [2.05, 4.69) is 6.07 Å². The molecule has 2 rings (SSSR count). The van der Waals surface area contributed by atoms with Gasteiger partial charge in [0.2, 0.25) is 0 Å². The molecule has 1 aromatic carbocycles. The van der Waals surface area contributed by atoms with Crippen molar-refractivity contribution in [1.29, 1.82) is 0 Å². The lowest BCUT2D eigenvalue weighted by atomic mass is 9.99. The van der Waals surface area contributed by atoms with Gasteiger partial charge in [-0.15, -0.1) is 0 Å². The van der Waals surface area contributed by atoms with Gasteiger partial charge in [0.1, 0.15) is 5.75 Å². The number of nitrogens with two attached hydrogens (primary N) is 1. The van der Waals surface area contributed by atoms with Crippen LogP contribution in [0.25, 0.3) is 0 Å². The van der Waals surface area contributed by atoms with E-state index in [0.717, 1.165) is 16.9 Å². The number of ether oxygens (including phenoxy) is 1. The molecule has 1 unspecified atom stereocenters. The van der Waals surface area contributed by atoms with E-state index in [0.29, 0.717) is 6.61 Å². The normalized spacial score (nSPS) is 12.4. The Balaban J connectivity index is 2.38. The fourth-order valence-electron chi connectivity index (χ4n) is 1.83. The van der Waals surface area contributed by atoms with Gasteiger partial charge in [0.05, 0.1) is 25.2 Å². The molecule has 17 heavy (non-hydrogen) atoms. The average molecular weight is 231 g/mol. The number of rotatable bonds is 4. The van der Waals surface area contributed by atoms with Crippen molar-refractivity contribution < 1.29 is 9.15 Å². The summed E-state index contributed by atoms with van der Waals surface area (Å²) < 4.78 is 10.7.